The summed E-state index contributed by atoms with van der Waals surface area (Å²) in [4.78, 5) is 16.6. The van der Waals surface area contributed by atoms with Crippen LogP contribution in [0.1, 0.15) is 29.8 Å². The number of benzene rings is 1. The van der Waals surface area contributed by atoms with Crippen molar-refractivity contribution in [2.45, 2.75) is 26.4 Å². The Labute approximate surface area is 146 Å². The molecule has 0 unspecified atom stereocenters. The molecule has 6 heteroatoms. The number of aromatic nitrogens is 2. The van der Waals surface area contributed by atoms with E-state index in [0.717, 1.165) is 28.2 Å². The SMILES string of the molecule is COc1ccc([C@@H](C)NC(=O)NCc2cn3ccccc3n2)cc1C. The Balaban J connectivity index is 1.57. The fourth-order valence-electron chi connectivity index (χ4n) is 2.75. The topological polar surface area (TPSA) is 67.7 Å². The van der Waals surface area contributed by atoms with Crippen LogP contribution in [0, 0.1) is 6.92 Å². The molecule has 0 aliphatic carbocycles. The van der Waals surface area contributed by atoms with Crippen LogP contribution < -0.4 is 15.4 Å². The normalized spacial score (nSPS) is 12.0. The van der Waals surface area contributed by atoms with Gasteiger partial charge >= 0.3 is 6.03 Å². The maximum atomic E-state index is 12.1. The minimum atomic E-state index is -0.224. The molecule has 0 saturated carbocycles. The standard InChI is InChI=1S/C19H22N4O2/c1-13-10-15(7-8-17(13)25-3)14(2)21-19(24)20-11-16-12-23-9-5-4-6-18(23)22-16/h4-10,12,14H,11H2,1-3H3,(H2,20,21,24)/t14-/m1/s1. The Kier molecular flexibility index (Phi) is 4.88. The van der Waals surface area contributed by atoms with Crippen LogP contribution in [0.2, 0.25) is 0 Å². The van der Waals surface area contributed by atoms with Gasteiger partial charge in [-0.05, 0) is 43.2 Å². The zero-order valence-corrected chi connectivity index (χ0v) is 14.6. The monoisotopic (exact) mass is 338 g/mol. The second kappa shape index (κ2) is 7.25. The van der Waals surface area contributed by atoms with E-state index in [2.05, 4.69) is 15.6 Å². The number of amides is 2. The number of fused-ring (bicyclic) bond motifs is 1. The molecule has 0 aliphatic rings. The van der Waals surface area contributed by atoms with Crippen LogP contribution in [0.15, 0.2) is 48.8 Å². The first kappa shape index (κ1) is 16.8. The number of carbonyl (C=O) groups excluding carboxylic acids is 1. The predicted molar refractivity (Wildman–Crippen MR) is 96.7 cm³/mol. The quantitative estimate of drug-likeness (QED) is 0.751. The first-order valence-electron chi connectivity index (χ1n) is 8.18. The van der Waals surface area contributed by atoms with Gasteiger partial charge in [-0.2, -0.15) is 0 Å². The predicted octanol–water partition coefficient (Wildman–Crippen LogP) is 3.21. The largest absolute Gasteiger partial charge is 0.496 e. The Morgan fingerprint density at radius 3 is 2.88 bits per heavy atom. The van der Waals surface area contributed by atoms with Crippen molar-refractivity contribution in [2.75, 3.05) is 7.11 Å². The van der Waals surface area contributed by atoms with Gasteiger partial charge in [0.15, 0.2) is 0 Å². The van der Waals surface area contributed by atoms with Gasteiger partial charge in [0.25, 0.3) is 0 Å². The van der Waals surface area contributed by atoms with Crippen LogP contribution in [0.5, 0.6) is 5.75 Å². The average Bonchev–Trinajstić information content (AvgIpc) is 3.03. The number of rotatable bonds is 5. The van der Waals surface area contributed by atoms with Crippen molar-refractivity contribution in [3.63, 3.8) is 0 Å². The summed E-state index contributed by atoms with van der Waals surface area (Å²) < 4.78 is 7.19. The lowest BCUT2D eigenvalue weighted by Crippen LogP contribution is -2.36. The third kappa shape index (κ3) is 3.91. The van der Waals surface area contributed by atoms with Crippen molar-refractivity contribution in [3.05, 3.63) is 65.6 Å². The molecule has 3 rings (SSSR count). The number of hydrogen-bond acceptors (Lipinski definition) is 3. The van der Waals surface area contributed by atoms with Crippen molar-refractivity contribution in [1.29, 1.82) is 0 Å². The number of ether oxygens (including phenoxy) is 1. The zero-order chi connectivity index (χ0) is 17.8. The molecule has 2 aromatic heterocycles. The zero-order valence-electron chi connectivity index (χ0n) is 14.6. The summed E-state index contributed by atoms with van der Waals surface area (Å²) in [6.07, 6.45) is 3.84. The van der Waals surface area contributed by atoms with E-state index >= 15 is 0 Å². The molecular formula is C19H22N4O2. The van der Waals surface area contributed by atoms with E-state index in [1.807, 2.05) is 67.0 Å². The van der Waals surface area contributed by atoms with Gasteiger partial charge in [0.1, 0.15) is 11.4 Å². The molecule has 2 N–H and O–H groups in total. The van der Waals surface area contributed by atoms with Gasteiger partial charge in [-0.25, -0.2) is 9.78 Å². The second-order valence-corrected chi connectivity index (χ2v) is 5.98. The molecule has 3 aromatic rings. The van der Waals surface area contributed by atoms with Gasteiger partial charge in [-0.3, -0.25) is 0 Å². The molecule has 0 saturated heterocycles. The molecular weight excluding hydrogens is 316 g/mol. The van der Waals surface area contributed by atoms with Crippen molar-refractivity contribution < 1.29 is 9.53 Å². The highest BCUT2D eigenvalue weighted by atomic mass is 16.5. The number of carbonyl (C=O) groups is 1. The van der Waals surface area contributed by atoms with Crippen molar-refractivity contribution >= 4 is 11.7 Å². The molecule has 2 amide bonds. The Morgan fingerprint density at radius 2 is 2.16 bits per heavy atom. The Morgan fingerprint density at radius 1 is 1.32 bits per heavy atom. The van der Waals surface area contributed by atoms with Crippen LogP contribution in [-0.2, 0) is 6.54 Å². The molecule has 25 heavy (non-hydrogen) atoms. The second-order valence-electron chi connectivity index (χ2n) is 5.98. The summed E-state index contributed by atoms with van der Waals surface area (Å²) in [6.45, 7) is 4.31. The van der Waals surface area contributed by atoms with Crippen LogP contribution in [0.25, 0.3) is 5.65 Å². The number of hydrogen-bond donors (Lipinski definition) is 2. The smallest absolute Gasteiger partial charge is 0.315 e. The highest BCUT2D eigenvalue weighted by molar-refractivity contribution is 5.74. The highest BCUT2D eigenvalue weighted by Crippen LogP contribution is 2.22. The number of urea groups is 1. The van der Waals surface area contributed by atoms with Gasteiger partial charge in [0.2, 0.25) is 0 Å². The van der Waals surface area contributed by atoms with Crippen molar-refractivity contribution in [3.8, 4) is 5.75 Å². The summed E-state index contributed by atoms with van der Waals surface area (Å²) in [6, 6.07) is 11.4. The molecule has 0 aliphatic heterocycles. The molecule has 0 fully saturated rings. The lowest BCUT2D eigenvalue weighted by molar-refractivity contribution is 0.237. The first-order chi connectivity index (χ1) is 12.1. The van der Waals surface area contributed by atoms with Gasteiger partial charge in [-0.1, -0.05) is 18.2 Å². The molecule has 0 bridgehead atoms. The van der Waals surface area contributed by atoms with Crippen LogP contribution in [0.3, 0.4) is 0 Å². The van der Waals surface area contributed by atoms with E-state index in [4.69, 9.17) is 4.74 Å². The van der Waals surface area contributed by atoms with Crippen LogP contribution in [-0.4, -0.2) is 22.5 Å². The third-order valence-electron chi connectivity index (χ3n) is 4.11. The lowest BCUT2D eigenvalue weighted by Gasteiger charge is -2.16. The minimum Gasteiger partial charge on any atom is -0.496 e. The van der Waals surface area contributed by atoms with E-state index < -0.39 is 0 Å². The fraction of sp³-hybridized carbons (Fsp3) is 0.263. The summed E-state index contributed by atoms with van der Waals surface area (Å²) in [5.41, 5.74) is 3.75. The van der Waals surface area contributed by atoms with E-state index in [0.29, 0.717) is 6.54 Å². The number of nitrogens with one attached hydrogen (secondary N) is 2. The third-order valence-corrected chi connectivity index (χ3v) is 4.11. The van der Waals surface area contributed by atoms with Crippen molar-refractivity contribution in [2.24, 2.45) is 0 Å². The minimum absolute atomic E-state index is 0.106. The maximum absolute atomic E-state index is 12.1. The molecule has 1 atom stereocenters. The van der Waals surface area contributed by atoms with Gasteiger partial charge in [0.05, 0.1) is 25.4 Å². The molecule has 0 spiro atoms. The molecule has 1 aromatic carbocycles. The summed E-state index contributed by atoms with van der Waals surface area (Å²) in [7, 11) is 1.65. The van der Waals surface area contributed by atoms with Gasteiger partial charge in [0, 0.05) is 12.4 Å². The van der Waals surface area contributed by atoms with Crippen LogP contribution in [0.4, 0.5) is 4.79 Å². The van der Waals surface area contributed by atoms with E-state index in [1.165, 1.54) is 0 Å². The molecule has 0 radical (unpaired) electrons. The average molecular weight is 338 g/mol. The summed E-state index contributed by atoms with van der Waals surface area (Å²) >= 11 is 0. The molecule has 6 nitrogen and oxygen atoms in total. The van der Waals surface area contributed by atoms with Crippen molar-refractivity contribution in [1.82, 2.24) is 20.0 Å². The van der Waals surface area contributed by atoms with Gasteiger partial charge in [-0.15, -0.1) is 0 Å². The maximum Gasteiger partial charge on any atom is 0.315 e. The Hall–Kier alpha value is -3.02. The Bertz CT molecular complexity index is 855. The van der Waals surface area contributed by atoms with E-state index in [1.54, 1.807) is 7.11 Å². The van der Waals surface area contributed by atoms with Crippen LogP contribution >= 0.6 is 0 Å². The lowest BCUT2D eigenvalue weighted by atomic mass is 10.1. The molecule has 130 valence electrons. The number of aryl methyl sites for hydroxylation is 1. The number of imidazole rings is 1. The number of methoxy groups -OCH3 is 1. The van der Waals surface area contributed by atoms with Gasteiger partial charge < -0.3 is 19.8 Å². The first-order valence-corrected chi connectivity index (χ1v) is 8.18. The number of pyridine rings is 1. The fourth-order valence-corrected chi connectivity index (χ4v) is 2.75. The number of nitrogens with zero attached hydrogens (tertiary/aromatic N) is 2. The highest BCUT2D eigenvalue weighted by Gasteiger charge is 2.11. The summed E-state index contributed by atoms with van der Waals surface area (Å²) in [5.74, 6) is 0.840. The van der Waals surface area contributed by atoms with E-state index in [9.17, 15) is 4.79 Å². The molecule has 2 heterocycles. The summed E-state index contributed by atoms with van der Waals surface area (Å²) in [5, 5.41) is 5.79. The van der Waals surface area contributed by atoms with E-state index in [-0.39, 0.29) is 12.1 Å².